The average molecular weight is 343 g/mol. The van der Waals surface area contributed by atoms with Gasteiger partial charge in [-0.15, -0.1) is 0 Å². The summed E-state index contributed by atoms with van der Waals surface area (Å²) in [5.74, 6) is -0.647. The Hall–Kier alpha value is -2.41. The number of fused-ring (bicyclic) bond motifs is 2. The van der Waals surface area contributed by atoms with Crippen LogP contribution in [0.25, 0.3) is 0 Å². The van der Waals surface area contributed by atoms with Crippen LogP contribution in [0, 0.1) is 0 Å². The fraction of sp³-hybridized carbons (Fsp3) is 0.500. The van der Waals surface area contributed by atoms with Gasteiger partial charge in [-0.3, -0.25) is 14.5 Å². The predicted molar refractivity (Wildman–Crippen MR) is 90.6 cm³/mol. The first kappa shape index (κ1) is 16.1. The molecular weight excluding hydrogens is 322 g/mol. The van der Waals surface area contributed by atoms with Gasteiger partial charge in [0.05, 0.1) is 29.9 Å². The number of ether oxygens (including phenoxy) is 1. The van der Waals surface area contributed by atoms with Crippen molar-refractivity contribution < 1.29 is 19.1 Å². The first-order valence-electron chi connectivity index (χ1n) is 8.72. The Labute approximate surface area is 145 Å². The van der Waals surface area contributed by atoms with E-state index in [4.69, 9.17) is 4.74 Å². The van der Waals surface area contributed by atoms with E-state index in [2.05, 4.69) is 5.32 Å². The van der Waals surface area contributed by atoms with Gasteiger partial charge in [-0.05, 0) is 31.0 Å². The lowest BCUT2D eigenvalue weighted by Gasteiger charge is -2.43. The van der Waals surface area contributed by atoms with Crippen LogP contribution in [0.15, 0.2) is 18.2 Å². The van der Waals surface area contributed by atoms with E-state index in [1.165, 1.54) is 7.05 Å². The van der Waals surface area contributed by atoms with Crippen LogP contribution in [0.5, 0.6) is 0 Å². The van der Waals surface area contributed by atoms with Crippen molar-refractivity contribution >= 4 is 23.5 Å². The SMILES string of the molecule is CN1C(=O)c2ccc(NC(=O)N3CCO[C@@H]4CCCC[C@H]43)cc2C1=O. The van der Waals surface area contributed by atoms with Gasteiger partial charge < -0.3 is 15.0 Å². The summed E-state index contributed by atoms with van der Waals surface area (Å²) in [7, 11) is 1.46. The normalized spacial score (nSPS) is 25.6. The number of rotatable bonds is 1. The molecule has 1 N–H and O–H groups in total. The summed E-state index contributed by atoms with van der Waals surface area (Å²) >= 11 is 0. The summed E-state index contributed by atoms with van der Waals surface area (Å²) in [5, 5.41) is 2.87. The molecule has 25 heavy (non-hydrogen) atoms. The number of anilines is 1. The highest BCUT2D eigenvalue weighted by Crippen LogP contribution is 2.29. The summed E-state index contributed by atoms with van der Waals surface area (Å²) in [6, 6.07) is 4.78. The lowest BCUT2D eigenvalue weighted by Crippen LogP contribution is -2.55. The molecule has 7 nitrogen and oxygen atoms in total. The number of amides is 4. The van der Waals surface area contributed by atoms with Crippen LogP contribution in [0.4, 0.5) is 10.5 Å². The van der Waals surface area contributed by atoms with Crippen LogP contribution in [0.2, 0.25) is 0 Å². The van der Waals surface area contributed by atoms with Crippen LogP contribution < -0.4 is 5.32 Å². The second-order valence-electron chi connectivity index (χ2n) is 6.81. The van der Waals surface area contributed by atoms with E-state index >= 15 is 0 Å². The molecule has 1 saturated heterocycles. The van der Waals surface area contributed by atoms with Gasteiger partial charge in [-0.2, -0.15) is 0 Å². The summed E-state index contributed by atoms with van der Waals surface area (Å²) < 4.78 is 5.80. The van der Waals surface area contributed by atoms with Crippen LogP contribution in [0.3, 0.4) is 0 Å². The number of nitrogens with zero attached hydrogens (tertiary/aromatic N) is 2. The maximum absolute atomic E-state index is 12.7. The Morgan fingerprint density at radius 1 is 1.16 bits per heavy atom. The maximum Gasteiger partial charge on any atom is 0.322 e. The minimum absolute atomic E-state index is 0.117. The first-order valence-corrected chi connectivity index (χ1v) is 8.72. The third-order valence-electron chi connectivity index (χ3n) is 5.33. The first-order chi connectivity index (χ1) is 12.1. The molecule has 2 heterocycles. The van der Waals surface area contributed by atoms with E-state index in [0.717, 1.165) is 30.6 Å². The van der Waals surface area contributed by atoms with Gasteiger partial charge in [0.2, 0.25) is 0 Å². The highest BCUT2D eigenvalue weighted by atomic mass is 16.5. The summed E-state index contributed by atoms with van der Waals surface area (Å²) in [6.45, 7) is 1.12. The van der Waals surface area contributed by atoms with Crippen molar-refractivity contribution in [2.45, 2.75) is 37.8 Å². The summed E-state index contributed by atoms with van der Waals surface area (Å²) in [6.07, 6.45) is 4.33. The highest BCUT2D eigenvalue weighted by Gasteiger charge is 2.37. The van der Waals surface area contributed by atoms with Gasteiger partial charge in [-0.25, -0.2) is 4.79 Å². The van der Waals surface area contributed by atoms with Crippen LogP contribution in [-0.4, -0.2) is 60.0 Å². The molecule has 3 aliphatic rings. The molecule has 0 radical (unpaired) electrons. The van der Waals surface area contributed by atoms with Crippen molar-refractivity contribution in [3.8, 4) is 0 Å². The second kappa shape index (κ2) is 6.15. The van der Waals surface area contributed by atoms with E-state index in [1.54, 1.807) is 18.2 Å². The molecule has 2 aliphatic heterocycles. The van der Waals surface area contributed by atoms with Gasteiger partial charge in [-0.1, -0.05) is 12.8 Å². The number of urea groups is 1. The van der Waals surface area contributed by atoms with E-state index in [1.807, 2.05) is 4.90 Å². The molecule has 1 aromatic rings. The van der Waals surface area contributed by atoms with Gasteiger partial charge in [0.15, 0.2) is 0 Å². The molecule has 1 saturated carbocycles. The van der Waals surface area contributed by atoms with Crippen LogP contribution in [0.1, 0.15) is 46.4 Å². The zero-order valence-electron chi connectivity index (χ0n) is 14.2. The number of carbonyl (C=O) groups is 3. The van der Waals surface area contributed by atoms with E-state index in [9.17, 15) is 14.4 Å². The van der Waals surface area contributed by atoms with Crippen molar-refractivity contribution in [2.75, 3.05) is 25.5 Å². The predicted octanol–water partition coefficient (Wildman–Crippen LogP) is 2.09. The number of morpholine rings is 1. The van der Waals surface area contributed by atoms with Gasteiger partial charge in [0.25, 0.3) is 11.8 Å². The fourth-order valence-corrected chi connectivity index (χ4v) is 3.98. The summed E-state index contributed by atoms with van der Waals surface area (Å²) in [5.41, 5.74) is 1.24. The Morgan fingerprint density at radius 2 is 1.92 bits per heavy atom. The molecule has 2 fully saturated rings. The van der Waals surface area contributed by atoms with E-state index in [0.29, 0.717) is 30.0 Å². The molecule has 4 amide bonds. The number of benzene rings is 1. The quantitative estimate of drug-likeness (QED) is 0.792. The van der Waals surface area contributed by atoms with E-state index < -0.39 is 0 Å². The van der Waals surface area contributed by atoms with E-state index in [-0.39, 0.29) is 30.0 Å². The number of hydrogen-bond donors (Lipinski definition) is 1. The Bertz CT molecular complexity index is 746. The number of hydrogen-bond acceptors (Lipinski definition) is 4. The molecule has 0 unspecified atom stereocenters. The minimum Gasteiger partial charge on any atom is -0.374 e. The number of nitrogens with one attached hydrogen (secondary N) is 1. The molecule has 1 aromatic carbocycles. The molecule has 132 valence electrons. The maximum atomic E-state index is 12.7. The molecule has 7 heteroatoms. The van der Waals surface area contributed by atoms with Crippen molar-refractivity contribution in [2.24, 2.45) is 0 Å². The third kappa shape index (κ3) is 2.68. The van der Waals surface area contributed by atoms with Gasteiger partial charge >= 0.3 is 6.03 Å². The molecular formula is C18H21N3O4. The standard InChI is InChI=1S/C18H21N3O4/c1-20-16(22)12-7-6-11(10-13(12)17(20)23)19-18(24)21-8-9-25-15-5-3-2-4-14(15)21/h6-7,10,14-15H,2-5,8-9H2,1H3,(H,19,24)/t14-,15-/m1/s1. The summed E-state index contributed by atoms with van der Waals surface area (Å²) in [4.78, 5) is 39.7. The Kier molecular flexibility index (Phi) is 3.95. The second-order valence-corrected chi connectivity index (χ2v) is 6.81. The fourth-order valence-electron chi connectivity index (χ4n) is 3.98. The van der Waals surface area contributed by atoms with Crippen LogP contribution in [-0.2, 0) is 4.74 Å². The highest BCUT2D eigenvalue weighted by molar-refractivity contribution is 6.21. The number of carbonyl (C=O) groups excluding carboxylic acids is 3. The minimum atomic E-state index is -0.338. The topological polar surface area (TPSA) is 79.0 Å². The van der Waals surface area contributed by atoms with Crippen molar-refractivity contribution in [3.05, 3.63) is 29.3 Å². The van der Waals surface area contributed by atoms with Crippen molar-refractivity contribution in [1.82, 2.24) is 9.80 Å². The van der Waals surface area contributed by atoms with Crippen molar-refractivity contribution in [3.63, 3.8) is 0 Å². The Balaban J connectivity index is 1.52. The number of imide groups is 1. The van der Waals surface area contributed by atoms with Crippen molar-refractivity contribution in [1.29, 1.82) is 0 Å². The average Bonchev–Trinajstić information content (AvgIpc) is 2.85. The van der Waals surface area contributed by atoms with Gasteiger partial charge in [0, 0.05) is 19.3 Å². The van der Waals surface area contributed by atoms with Crippen LogP contribution >= 0.6 is 0 Å². The molecule has 2 atom stereocenters. The molecule has 4 rings (SSSR count). The lowest BCUT2D eigenvalue weighted by molar-refractivity contribution is -0.0694. The molecule has 0 aromatic heterocycles. The lowest BCUT2D eigenvalue weighted by atomic mass is 9.90. The molecule has 0 spiro atoms. The largest absolute Gasteiger partial charge is 0.374 e. The Morgan fingerprint density at radius 3 is 2.76 bits per heavy atom. The zero-order valence-corrected chi connectivity index (χ0v) is 14.2. The third-order valence-corrected chi connectivity index (χ3v) is 5.33. The zero-order chi connectivity index (χ0) is 17.6. The monoisotopic (exact) mass is 343 g/mol. The van der Waals surface area contributed by atoms with Gasteiger partial charge in [0.1, 0.15) is 0 Å². The molecule has 0 bridgehead atoms. The smallest absolute Gasteiger partial charge is 0.322 e. The molecule has 1 aliphatic carbocycles.